The zero-order valence-electron chi connectivity index (χ0n) is 8.29. The molecule has 1 heterocycles. The van der Waals surface area contributed by atoms with E-state index in [0.29, 0.717) is 11.2 Å². The van der Waals surface area contributed by atoms with Crippen LogP contribution in [0.1, 0.15) is 17.0 Å². The van der Waals surface area contributed by atoms with Crippen LogP contribution in [-0.2, 0) is 7.05 Å². The quantitative estimate of drug-likeness (QED) is 0.576. The van der Waals surface area contributed by atoms with Gasteiger partial charge in [0.05, 0.1) is 11.3 Å². The maximum Gasteiger partial charge on any atom is 0.224 e. The molecule has 0 bridgehead atoms. The predicted molar refractivity (Wildman–Crippen MR) is 48.9 cm³/mol. The predicted octanol–water partition coefficient (Wildman–Crippen LogP) is 0.439. The summed E-state index contributed by atoms with van der Waals surface area (Å²) in [5.41, 5.74) is 2.92. The maximum absolute atomic E-state index is 8.85. The van der Waals surface area contributed by atoms with E-state index in [0.717, 1.165) is 11.4 Å². The van der Waals surface area contributed by atoms with Crippen molar-refractivity contribution in [3.63, 3.8) is 0 Å². The maximum atomic E-state index is 8.85. The van der Waals surface area contributed by atoms with Gasteiger partial charge in [-0.05, 0) is 13.8 Å². The third-order valence-corrected chi connectivity index (χ3v) is 2.11. The normalized spacial score (nSPS) is 11.5. The summed E-state index contributed by atoms with van der Waals surface area (Å²) in [4.78, 5) is 8.21. The van der Waals surface area contributed by atoms with Gasteiger partial charge in [-0.2, -0.15) is 5.26 Å². The molecule has 0 saturated carbocycles. The molecule has 0 aromatic carbocycles. The summed E-state index contributed by atoms with van der Waals surface area (Å²) in [6.07, 6.45) is 0. The third kappa shape index (κ3) is 1.45. The monoisotopic (exact) mass is 176 g/mol. The molecule has 0 spiro atoms. The Morgan fingerprint density at radius 3 is 2.54 bits per heavy atom. The average molecular weight is 176 g/mol. The van der Waals surface area contributed by atoms with Crippen LogP contribution >= 0.6 is 0 Å². The molecule has 68 valence electrons. The largest absolute Gasteiger partial charge is 0.317 e. The fourth-order valence-electron chi connectivity index (χ4n) is 1.22. The molecule has 0 aliphatic carbocycles. The van der Waals surface area contributed by atoms with Gasteiger partial charge in [0.15, 0.2) is 0 Å². The lowest BCUT2D eigenvalue weighted by molar-refractivity contribution is 0.731. The minimum atomic E-state index is 0.634. The van der Waals surface area contributed by atoms with Gasteiger partial charge in [-0.15, -0.1) is 0 Å². The van der Waals surface area contributed by atoms with Crippen molar-refractivity contribution in [2.75, 3.05) is 7.05 Å². The van der Waals surface area contributed by atoms with Crippen molar-refractivity contribution in [3.8, 4) is 6.07 Å². The molecule has 13 heavy (non-hydrogen) atoms. The average Bonchev–Trinajstić information content (AvgIpc) is 2.12. The van der Waals surface area contributed by atoms with E-state index < -0.39 is 0 Å². The SMILES string of the molecule is CN=c1nc(C)c(C#N)c(C)n1C. The minimum absolute atomic E-state index is 0.634. The summed E-state index contributed by atoms with van der Waals surface area (Å²) in [6.45, 7) is 3.71. The Kier molecular flexibility index (Phi) is 2.47. The van der Waals surface area contributed by atoms with Crippen molar-refractivity contribution in [3.05, 3.63) is 22.6 Å². The summed E-state index contributed by atoms with van der Waals surface area (Å²) in [5.74, 6) is 0. The van der Waals surface area contributed by atoms with Gasteiger partial charge in [-0.25, -0.2) is 4.98 Å². The molecule has 0 amide bonds. The second-order valence-electron chi connectivity index (χ2n) is 2.85. The highest BCUT2D eigenvalue weighted by atomic mass is 15.1. The van der Waals surface area contributed by atoms with Gasteiger partial charge in [-0.3, -0.25) is 4.99 Å². The van der Waals surface area contributed by atoms with Gasteiger partial charge in [0.25, 0.3) is 0 Å². The van der Waals surface area contributed by atoms with Crippen molar-refractivity contribution in [1.29, 1.82) is 5.26 Å². The Bertz CT molecular complexity index is 434. The fourth-order valence-corrected chi connectivity index (χ4v) is 1.22. The molecule has 4 heteroatoms. The lowest BCUT2D eigenvalue weighted by Gasteiger charge is -2.07. The highest BCUT2D eigenvalue weighted by Crippen LogP contribution is 2.05. The lowest BCUT2D eigenvalue weighted by Crippen LogP contribution is -2.25. The minimum Gasteiger partial charge on any atom is -0.317 e. The number of nitrogens with zero attached hydrogens (tertiary/aromatic N) is 4. The number of hydrogen-bond donors (Lipinski definition) is 0. The van der Waals surface area contributed by atoms with E-state index in [2.05, 4.69) is 16.0 Å². The van der Waals surface area contributed by atoms with Gasteiger partial charge >= 0.3 is 0 Å². The van der Waals surface area contributed by atoms with E-state index in [-0.39, 0.29) is 0 Å². The van der Waals surface area contributed by atoms with Gasteiger partial charge in [0, 0.05) is 19.8 Å². The Morgan fingerprint density at radius 2 is 2.08 bits per heavy atom. The van der Waals surface area contributed by atoms with Crippen molar-refractivity contribution in [2.45, 2.75) is 13.8 Å². The molecule has 4 nitrogen and oxygen atoms in total. The molecule has 0 radical (unpaired) electrons. The molecule has 0 unspecified atom stereocenters. The standard InChI is InChI=1S/C9H12N4/c1-6-8(5-10)7(2)13(4)9(11-3)12-6/h1-4H3. The van der Waals surface area contributed by atoms with Crippen LogP contribution in [-0.4, -0.2) is 16.6 Å². The van der Waals surface area contributed by atoms with E-state index in [1.54, 1.807) is 7.05 Å². The number of aromatic nitrogens is 2. The fraction of sp³-hybridized carbons (Fsp3) is 0.444. The van der Waals surface area contributed by atoms with Gasteiger partial charge in [0.2, 0.25) is 5.62 Å². The molecule has 1 aromatic heterocycles. The van der Waals surface area contributed by atoms with E-state index in [9.17, 15) is 0 Å². The third-order valence-electron chi connectivity index (χ3n) is 2.11. The molecular weight excluding hydrogens is 164 g/mol. The van der Waals surface area contributed by atoms with Gasteiger partial charge in [-0.1, -0.05) is 0 Å². The number of rotatable bonds is 0. The summed E-state index contributed by atoms with van der Waals surface area (Å²) in [7, 11) is 3.54. The van der Waals surface area contributed by atoms with Gasteiger partial charge in [0.1, 0.15) is 6.07 Å². The Hall–Kier alpha value is -1.63. The van der Waals surface area contributed by atoms with Crippen LogP contribution in [0.3, 0.4) is 0 Å². The molecule has 0 aliphatic rings. The van der Waals surface area contributed by atoms with Crippen LogP contribution in [0, 0.1) is 25.2 Å². The summed E-state index contributed by atoms with van der Waals surface area (Å²) in [6, 6.07) is 2.13. The first-order chi connectivity index (χ1) is 6.11. The highest BCUT2D eigenvalue weighted by Gasteiger charge is 2.05. The molecule has 0 N–H and O–H groups in total. The summed E-state index contributed by atoms with van der Waals surface area (Å²) in [5, 5.41) is 8.85. The zero-order valence-corrected chi connectivity index (χ0v) is 8.29. The van der Waals surface area contributed by atoms with Crippen LogP contribution in [0.4, 0.5) is 0 Å². The zero-order chi connectivity index (χ0) is 10.0. The molecule has 0 fully saturated rings. The first-order valence-electron chi connectivity index (χ1n) is 3.99. The van der Waals surface area contributed by atoms with E-state index in [4.69, 9.17) is 5.26 Å². The molecule has 0 saturated heterocycles. The Balaban J connectivity index is 3.68. The van der Waals surface area contributed by atoms with Crippen molar-refractivity contribution < 1.29 is 0 Å². The number of nitriles is 1. The second kappa shape index (κ2) is 3.40. The number of aryl methyl sites for hydroxylation is 1. The van der Waals surface area contributed by atoms with Crippen LogP contribution in [0.15, 0.2) is 4.99 Å². The number of hydrogen-bond acceptors (Lipinski definition) is 3. The molecule has 1 rings (SSSR count). The molecular formula is C9H12N4. The van der Waals surface area contributed by atoms with Crippen LogP contribution in [0.5, 0.6) is 0 Å². The van der Waals surface area contributed by atoms with E-state index >= 15 is 0 Å². The summed E-state index contributed by atoms with van der Waals surface area (Å²) >= 11 is 0. The van der Waals surface area contributed by atoms with Gasteiger partial charge < -0.3 is 4.57 Å². The van der Waals surface area contributed by atoms with Crippen LogP contribution < -0.4 is 5.62 Å². The first kappa shape index (κ1) is 9.46. The van der Waals surface area contributed by atoms with Crippen molar-refractivity contribution in [2.24, 2.45) is 12.0 Å². The van der Waals surface area contributed by atoms with E-state index in [1.807, 2.05) is 25.5 Å². The second-order valence-corrected chi connectivity index (χ2v) is 2.85. The Labute approximate surface area is 77.2 Å². The first-order valence-corrected chi connectivity index (χ1v) is 3.99. The lowest BCUT2D eigenvalue weighted by atomic mass is 10.2. The molecule has 0 aliphatic heterocycles. The molecule has 0 atom stereocenters. The topological polar surface area (TPSA) is 54.0 Å². The van der Waals surface area contributed by atoms with Crippen LogP contribution in [0.25, 0.3) is 0 Å². The summed E-state index contributed by atoms with van der Waals surface area (Å²) < 4.78 is 1.81. The van der Waals surface area contributed by atoms with Crippen molar-refractivity contribution >= 4 is 0 Å². The molecule has 1 aromatic rings. The highest BCUT2D eigenvalue weighted by molar-refractivity contribution is 5.35. The van der Waals surface area contributed by atoms with Crippen LogP contribution in [0.2, 0.25) is 0 Å². The Morgan fingerprint density at radius 1 is 1.46 bits per heavy atom. The van der Waals surface area contributed by atoms with E-state index in [1.165, 1.54) is 0 Å². The van der Waals surface area contributed by atoms with Crippen molar-refractivity contribution in [1.82, 2.24) is 9.55 Å². The smallest absolute Gasteiger partial charge is 0.224 e.